The van der Waals surface area contributed by atoms with E-state index in [1.54, 1.807) is 0 Å². The van der Waals surface area contributed by atoms with Crippen molar-refractivity contribution in [3.05, 3.63) is 82.4 Å². The highest BCUT2D eigenvalue weighted by Gasteiger charge is 2.12. The standard InChI is InChI=1S/C21H19N3OS/c1-14-7-5-11-18(15(14)2)24-20(22-23-21(24)26)13-25-19-12-6-9-16-8-3-4-10-17(16)19/h3-12H,13H2,1-2H3,(H,23,26). The van der Waals surface area contributed by atoms with Gasteiger partial charge in [-0.05, 0) is 54.7 Å². The molecule has 4 aromatic rings. The van der Waals surface area contributed by atoms with Crippen molar-refractivity contribution in [2.24, 2.45) is 0 Å². The zero-order valence-electron chi connectivity index (χ0n) is 14.7. The molecule has 1 heterocycles. The van der Waals surface area contributed by atoms with Crippen molar-refractivity contribution in [1.82, 2.24) is 14.8 Å². The molecule has 0 fully saturated rings. The van der Waals surface area contributed by atoms with Crippen LogP contribution in [0.1, 0.15) is 17.0 Å². The summed E-state index contributed by atoms with van der Waals surface area (Å²) in [6, 6.07) is 20.4. The molecule has 130 valence electrons. The quantitative estimate of drug-likeness (QED) is 0.503. The third-order valence-electron chi connectivity index (χ3n) is 4.67. The van der Waals surface area contributed by atoms with Gasteiger partial charge in [0.1, 0.15) is 12.4 Å². The number of ether oxygens (including phenoxy) is 1. The summed E-state index contributed by atoms with van der Waals surface area (Å²) in [5.74, 6) is 1.58. The number of nitrogens with zero attached hydrogens (tertiary/aromatic N) is 2. The summed E-state index contributed by atoms with van der Waals surface area (Å²) in [6.07, 6.45) is 0. The van der Waals surface area contributed by atoms with Crippen LogP contribution in [0.3, 0.4) is 0 Å². The van der Waals surface area contributed by atoms with Gasteiger partial charge in [-0.25, -0.2) is 0 Å². The van der Waals surface area contributed by atoms with Crippen LogP contribution in [0.2, 0.25) is 0 Å². The van der Waals surface area contributed by atoms with E-state index in [0.717, 1.165) is 28.0 Å². The number of aryl methyl sites for hydroxylation is 1. The van der Waals surface area contributed by atoms with E-state index in [1.807, 2.05) is 34.9 Å². The topological polar surface area (TPSA) is 42.8 Å². The van der Waals surface area contributed by atoms with Crippen LogP contribution in [0.25, 0.3) is 16.5 Å². The molecule has 0 atom stereocenters. The van der Waals surface area contributed by atoms with Gasteiger partial charge in [0.15, 0.2) is 10.6 Å². The molecule has 0 saturated carbocycles. The Bertz CT molecular complexity index is 1140. The molecule has 26 heavy (non-hydrogen) atoms. The average Bonchev–Trinajstić information content (AvgIpc) is 3.02. The number of benzene rings is 3. The predicted molar refractivity (Wildman–Crippen MR) is 107 cm³/mol. The van der Waals surface area contributed by atoms with E-state index in [4.69, 9.17) is 17.0 Å². The summed E-state index contributed by atoms with van der Waals surface area (Å²) in [4.78, 5) is 0. The van der Waals surface area contributed by atoms with Crippen LogP contribution >= 0.6 is 12.2 Å². The van der Waals surface area contributed by atoms with Gasteiger partial charge in [0, 0.05) is 5.39 Å². The second kappa shape index (κ2) is 6.77. The Kier molecular flexibility index (Phi) is 4.31. The van der Waals surface area contributed by atoms with Crippen LogP contribution in [-0.4, -0.2) is 14.8 Å². The molecular weight excluding hydrogens is 342 g/mol. The van der Waals surface area contributed by atoms with Gasteiger partial charge in [-0.3, -0.25) is 9.67 Å². The van der Waals surface area contributed by atoms with E-state index >= 15 is 0 Å². The summed E-state index contributed by atoms with van der Waals surface area (Å²) in [7, 11) is 0. The molecule has 1 N–H and O–H groups in total. The maximum atomic E-state index is 6.10. The first-order valence-electron chi connectivity index (χ1n) is 8.48. The van der Waals surface area contributed by atoms with Crippen LogP contribution in [-0.2, 0) is 6.61 Å². The lowest BCUT2D eigenvalue weighted by Crippen LogP contribution is -2.07. The smallest absolute Gasteiger partial charge is 0.199 e. The Hall–Kier alpha value is -2.92. The van der Waals surface area contributed by atoms with E-state index in [1.165, 1.54) is 11.1 Å². The molecule has 0 amide bonds. The molecule has 4 nitrogen and oxygen atoms in total. The van der Waals surface area contributed by atoms with Gasteiger partial charge in [0.05, 0.1) is 5.69 Å². The van der Waals surface area contributed by atoms with Gasteiger partial charge in [-0.2, -0.15) is 5.10 Å². The molecule has 0 aliphatic heterocycles. The Morgan fingerprint density at radius 1 is 1.00 bits per heavy atom. The van der Waals surface area contributed by atoms with Gasteiger partial charge in [-0.15, -0.1) is 0 Å². The van der Waals surface area contributed by atoms with E-state index in [9.17, 15) is 0 Å². The van der Waals surface area contributed by atoms with Crippen LogP contribution in [0.15, 0.2) is 60.7 Å². The number of hydrogen-bond donors (Lipinski definition) is 1. The van der Waals surface area contributed by atoms with E-state index in [2.05, 4.69) is 54.4 Å². The van der Waals surface area contributed by atoms with Crippen LogP contribution in [0.5, 0.6) is 5.75 Å². The van der Waals surface area contributed by atoms with E-state index in [0.29, 0.717) is 11.4 Å². The average molecular weight is 361 g/mol. The largest absolute Gasteiger partial charge is 0.485 e. The number of aromatic amines is 1. The highest BCUT2D eigenvalue weighted by Crippen LogP contribution is 2.26. The fourth-order valence-electron chi connectivity index (χ4n) is 3.12. The van der Waals surface area contributed by atoms with E-state index in [-0.39, 0.29) is 0 Å². The molecule has 0 aliphatic rings. The fraction of sp³-hybridized carbons (Fsp3) is 0.143. The Morgan fingerprint density at radius 2 is 1.77 bits per heavy atom. The third-order valence-corrected chi connectivity index (χ3v) is 4.94. The summed E-state index contributed by atoms with van der Waals surface area (Å²) in [5.41, 5.74) is 3.42. The predicted octanol–water partition coefficient (Wildman–Crippen LogP) is 5.28. The number of fused-ring (bicyclic) bond motifs is 1. The molecule has 0 unspecified atom stereocenters. The lowest BCUT2D eigenvalue weighted by Gasteiger charge is -2.13. The minimum absolute atomic E-state index is 0.328. The third kappa shape index (κ3) is 2.91. The minimum Gasteiger partial charge on any atom is -0.485 e. The van der Waals surface area contributed by atoms with Gasteiger partial charge in [-0.1, -0.05) is 48.5 Å². The summed E-state index contributed by atoms with van der Waals surface area (Å²) in [6.45, 7) is 4.51. The lowest BCUT2D eigenvalue weighted by molar-refractivity contribution is 0.297. The Labute approximate surface area is 157 Å². The van der Waals surface area contributed by atoms with Crippen LogP contribution in [0, 0.1) is 18.6 Å². The first kappa shape index (κ1) is 16.5. The van der Waals surface area contributed by atoms with Gasteiger partial charge in [0.2, 0.25) is 0 Å². The molecule has 0 saturated heterocycles. The fourth-order valence-corrected chi connectivity index (χ4v) is 3.37. The molecule has 0 aliphatic carbocycles. The van der Waals surface area contributed by atoms with Crippen LogP contribution < -0.4 is 4.74 Å². The van der Waals surface area contributed by atoms with Crippen molar-refractivity contribution in [2.75, 3.05) is 0 Å². The van der Waals surface area contributed by atoms with Crippen molar-refractivity contribution < 1.29 is 4.74 Å². The van der Waals surface area contributed by atoms with Gasteiger partial charge < -0.3 is 4.74 Å². The zero-order valence-corrected chi connectivity index (χ0v) is 15.5. The minimum atomic E-state index is 0.328. The molecule has 0 bridgehead atoms. The number of aromatic nitrogens is 3. The molecule has 0 spiro atoms. The second-order valence-electron chi connectivity index (χ2n) is 6.27. The molecule has 4 rings (SSSR count). The molecular formula is C21H19N3OS. The lowest BCUT2D eigenvalue weighted by atomic mass is 10.1. The monoisotopic (exact) mass is 361 g/mol. The zero-order chi connectivity index (χ0) is 18.1. The summed E-state index contributed by atoms with van der Waals surface area (Å²) in [5, 5.41) is 9.51. The van der Waals surface area contributed by atoms with Crippen molar-refractivity contribution in [1.29, 1.82) is 0 Å². The first-order valence-corrected chi connectivity index (χ1v) is 8.89. The number of rotatable bonds is 4. The van der Waals surface area contributed by atoms with Gasteiger partial charge in [0.25, 0.3) is 0 Å². The Morgan fingerprint density at radius 3 is 2.65 bits per heavy atom. The molecule has 3 aromatic carbocycles. The van der Waals surface area contributed by atoms with Crippen molar-refractivity contribution in [3.63, 3.8) is 0 Å². The molecule has 5 heteroatoms. The normalized spacial score (nSPS) is 11.0. The maximum absolute atomic E-state index is 6.10. The first-order chi connectivity index (χ1) is 12.6. The number of hydrogen-bond acceptors (Lipinski definition) is 3. The second-order valence-corrected chi connectivity index (χ2v) is 6.65. The van der Waals surface area contributed by atoms with E-state index < -0.39 is 0 Å². The SMILES string of the molecule is Cc1cccc(-n2c(COc3cccc4ccccc34)n[nH]c2=S)c1C. The highest BCUT2D eigenvalue weighted by atomic mass is 32.1. The van der Waals surface area contributed by atoms with Crippen LogP contribution in [0.4, 0.5) is 0 Å². The van der Waals surface area contributed by atoms with Crippen molar-refractivity contribution in [2.45, 2.75) is 20.5 Å². The number of nitrogens with one attached hydrogen (secondary N) is 1. The summed E-state index contributed by atoms with van der Waals surface area (Å²) < 4.78 is 8.61. The molecule has 1 aromatic heterocycles. The van der Waals surface area contributed by atoms with Crippen molar-refractivity contribution >= 4 is 23.0 Å². The Balaban J connectivity index is 1.70. The number of H-pyrrole nitrogens is 1. The maximum Gasteiger partial charge on any atom is 0.199 e. The van der Waals surface area contributed by atoms with Crippen molar-refractivity contribution in [3.8, 4) is 11.4 Å². The highest BCUT2D eigenvalue weighted by molar-refractivity contribution is 7.71. The van der Waals surface area contributed by atoms with Gasteiger partial charge >= 0.3 is 0 Å². The summed E-state index contributed by atoms with van der Waals surface area (Å²) >= 11 is 5.46. The molecule has 0 radical (unpaired) electrons.